The molecule has 1 aliphatic rings. The maximum Gasteiger partial charge on any atom is 0.360 e. The number of aliphatic imine (C=N–C) groups is 1. The van der Waals surface area contributed by atoms with E-state index in [0.717, 1.165) is 10.2 Å². The van der Waals surface area contributed by atoms with Gasteiger partial charge in [-0.3, -0.25) is 0 Å². The van der Waals surface area contributed by atoms with Crippen molar-refractivity contribution in [2.24, 2.45) is 4.99 Å². The number of hydrogen-bond acceptors (Lipinski definition) is 6. The van der Waals surface area contributed by atoms with E-state index in [2.05, 4.69) is 10.1 Å². The van der Waals surface area contributed by atoms with Crippen LogP contribution in [0.5, 0.6) is 5.88 Å². The second kappa shape index (κ2) is 8.66. The number of carboxylic acid groups (broad SMARTS) is 1. The first-order chi connectivity index (χ1) is 15.0. The molecule has 0 fully saturated rings. The second-order valence-corrected chi connectivity index (χ2v) is 6.89. The number of nitrogens with zero attached hydrogens (tertiary/aromatic N) is 3. The summed E-state index contributed by atoms with van der Waals surface area (Å²) in [6.45, 7) is 0.0627. The highest BCUT2D eigenvalue weighted by molar-refractivity contribution is 6.00. The number of ether oxygens (including phenoxy) is 1. The van der Waals surface area contributed by atoms with Crippen LogP contribution in [0, 0.1) is 0 Å². The SMILES string of the molecule is O=C(O)C1=CN=C(n2nc(C(=O)OCc3ccccc3)c(-c3ccccc3)c2O)CC1. The molecular weight excluding hydrogens is 398 g/mol. The minimum Gasteiger partial charge on any atom is -0.493 e. The Balaban J connectivity index is 1.71. The normalized spacial score (nSPS) is 13.3. The van der Waals surface area contributed by atoms with E-state index in [-0.39, 0.29) is 42.2 Å². The predicted octanol–water partition coefficient (Wildman–Crippen LogP) is 3.62. The molecule has 4 rings (SSSR count). The minimum absolute atomic E-state index is 0.0460. The van der Waals surface area contributed by atoms with E-state index < -0.39 is 11.9 Å². The number of carbonyl (C=O) groups excluding carboxylic acids is 1. The quantitative estimate of drug-likeness (QED) is 0.613. The first-order valence-corrected chi connectivity index (χ1v) is 9.62. The van der Waals surface area contributed by atoms with Crippen molar-refractivity contribution in [3.05, 3.63) is 83.7 Å². The van der Waals surface area contributed by atoms with Crippen molar-refractivity contribution in [1.82, 2.24) is 9.78 Å². The van der Waals surface area contributed by atoms with E-state index in [9.17, 15) is 14.7 Å². The lowest BCUT2D eigenvalue weighted by Crippen LogP contribution is -2.18. The van der Waals surface area contributed by atoms with Crippen molar-refractivity contribution in [2.75, 3.05) is 0 Å². The van der Waals surface area contributed by atoms with Gasteiger partial charge in [0.1, 0.15) is 12.4 Å². The Kier molecular flexibility index (Phi) is 5.61. The zero-order chi connectivity index (χ0) is 21.8. The van der Waals surface area contributed by atoms with Gasteiger partial charge in [0.15, 0.2) is 5.69 Å². The largest absolute Gasteiger partial charge is 0.493 e. The van der Waals surface area contributed by atoms with Crippen LogP contribution in [0.2, 0.25) is 0 Å². The van der Waals surface area contributed by atoms with Crippen molar-refractivity contribution in [3.63, 3.8) is 0 Å². The fourth-order valence-corrected chi connectivity index (χ4v) is 3.24. The molecule has 2 heterocycles. The molecule has 2 aromatic carbocycles. The standard InChI is InChI=1S/C23H19N3O5/c27-21-19(16-9-5-2-6-10-16)20(23(30)31-14-15-7-3-1-4-8-15)25-26(21)18-12-11-17(13-24-18)22(28)29/h1-10,13,27H,11-12,14H2,(H,28,29). The van der Waals surface area contributed by atoms with E-state index in [1.165, 1.54) is 6.20 Å². The molecule has 0 radical (unpaired) electrons. The molecular formula is C23H19N3O5. The fourth-order valence-electron chi connectivity index (χ4n) is 3.24. The van der Waals surface area contributed by atoms with Gasteiger partial charge in [-0.15, -0.1) is 0 Å². The summed E-state index contributed by atoms with van der Waals surface area (Å²) in [6.07, 6.45) is 1.72. The van der Waals surface area contributed by atoms with Crippen molar-refractivity contribution in [1.29, 1.82) is 0 Å². The maximum absolute atomic E-state index is 12.9. The number of aromatic hydroxyl groups is 1. The summed E-state index contributed by atoms with van der Waals surface area (Å²) in [5.74, 6) is -1.65. The van der Waals surface area contributed by atoms with Gasteiger partial charge in [0, 0.05) is 12.6 Å². The molecule has 2 N–H and O–H groups in total. The lowest BCUT2D eigenvalue weighted by atomic mass is 10.1. The van der Waals surface area contributed by atoms with Crippen molar-refractivity contribution >= 4 is 17.8 Å². The number of hydrogen-bond donors (Lipinski definition) is 2. The van der Waals surface area contributed by atoms with Crippen LogP contribution in [0.4, 0.5) is 0 Å². The summed E-state index contributed by atoms with van der Waals surface area (Å²) in [6, 6.07) is 18.1. The molecule has 31 heavy (non-hydrogen) atoms. The molecule has 0 unspecified atom stereocenters. The summed E-state index contributed by atoms with van der Waals surface area (Å²) >= 11 is 0. The van der Waals surface area contributed by atoms with Gasteiger partial charge in [0.25, 0.3) is 0 Å². The van der Waals surface area contributed by atoms with Crippen LogP contribution >= 0.6 is 0 Å². The first-order valence-electron chi connectivity index (χ1n) is 9.62. The zero-order valence-electron chi connectivity index (χ0n) is 16.4. The smallest absolute Gasteiger partial charge is 0.360 e. The number of esters is 1. The average Bonchev–Trinajstić information content (AvgIpc) is 3.16. The molecule has 0 bridgehead atoms. The summed E-state index contributed by atoms with van der Waals surface area (Å²) < 4.78 is 6.59. The van der Waals surface area contributed by atoms with Crippen LogP contribution in [0.3, 0.4) is 0 Å². The van der Waals surface area contributed by atoms with Crippen molar-refractivity contribution < 1.29 is 24.5 Å². The van der Waals surface area contributed by atoms with Crippen LogP contribution in [0.25, 0.3) is 11.1 Å². The summed E-state index contributed by atoms with van der Waals surface area (Å²) in [4.78, 5) is 28.1. The second-order valence-electron chi connectivity index (χ2n) is 6.89. The van der Waals surface area contributed by atoms with Gasteiger partial charge >= 0.3 is 11.9 Å². The van der Waals surface area contributed by atoms with Crippen LogP contribution in [0.1, 0.15) is 28.9 Å². The lowest BCUT2D eigenvalue weighted by Gasteiger charge is -2.11. The van der Waals surface area contributed by atoms with E-state index in [1.54, 1.807) is 24.3 Å². The zero-order valence-corrected chi connectivity index (χ0v) is 16.4. The van der Waals surface area contributed by atoms with E-state index in [4.69, 9.17) is 9.84 Å². The van der Waals surface area contributed by atoms with Gasteiger partial charge in [0.05, 0.1) is 11.1 Å². The molecule has 0 saturated heterocycles. The lowest BCUT2D eigenvalue weighted by molar-refractivity contribution is -0.132. The molecule has 8 nitrogen and oxygen atoms in total. The van der Waals surface area contributed by atoms with E-state index >= 15 is 0 Å². The molecule has 0 aliphatic carbocycles. The third kappa shape index (κ3) is 4.23. The highest BCUT2D eigenvalue weighted by Crippen LogP contribution is 2.34. The Labute approximate surface area is 177 Å². The van der Waals surface area contributed by atoms with Crippen LogP contribution in [-0.4, -0.2) is 37.8 Å². The summed E-state index contributed by atoms with van der Waals surface area (Å²) in [5.41, 5.74) is 1.77. The number of aliphatic carboxylic acids is 1. The third-order valence-corrected chi connectivity index (χ3v) is 4.84. The summed E-state index contributed by atoms with van der Waals surface area (Å²) in [7, 11) is 0. The highest BCUT2D eigenvalue weighted by atomic mass is 16.5. The molecule has 156 valence electrons. The van der Waals surface area contributed by atoms with E-state index in [0.29, 0.717) is 11.4 Å². The Morgan fingerprint density at radius 2 is 1.68 bits per heavy atom. The van der Waals surface area contributed by atoms with Gasteiger partial charge in [0.2, 0.25) is 5.88 Å². The Morgan fingerprint density at radius 1 is 1.00 bits per heavy atom. The Morgan fingerprint density at radius 3 is 2.29 bits per heavy atom. The number of benzene rings is 2. The molecule has 0 saturated carbocycles. The fraction of sp³-hybridized carbons (Fsp3) is 0.130. The van der Waals surface area contributed by atoms with Gasteiger partial charge in [-0.05, 0) is 17.5 Å². The first kappa shape index (κ1) is 20.1. The van der Waals surface area contributed by atoms with Crippen LogP contribution in [-0.2, 0) is 16.1 Å². The Bertz CT molecular complexity index is 1180. The van der Waals surface area contributed by atoms with Crippen molar-refractivity contribution in [3.8, 4) is 17.0 Å². The van der Waals surface area contributed by atoms with Crippen LogP contribution in [0.15, 0.2) is 77.4 Å². The molecule has 1 aliphatic heterocycles. The number of aromatic nitrogens is 2. The molecule has 0 atom stereocenters. The van der Waals surface area contributed by atoms with Gasteiger partial charge < -0.3 is 14.9 Å². The molecule has 3 aromatic rings. The predicted molar refractivity (Wildman–Crippen MR) is 113 cm³/mol. The molecule has 1 aromatic heterocycles. The Hall–Kier alpha value is -4.20. The van der Waals surface area contributed by atoms with Gasteiger partial charge in [-0.1, -0.05) is 60.7 Å². The number of rotatable bonds is 5. The number of carboxylic acids is 1. The van der Waals surface area contributed by atoms with Gasteiger partial charge in [-0.2, -0.15) is 9.78 Å². The highest BCUT2D eigenvalue weighted by Gasteiger charge is 2.28. The summed E-state index contributed by atoms with van der Waals surface area (Å²) in [5, 5.41) is 24.3. The molecule has 8 heteroatoms. The monoisotopic (exact) mass is 417 g/mol. The van der Waals surface area contributed by atoms with Crippen LogP contribution < -0.4 is 0 Å². The third-order valence-electron chi connectivity index (χ3n) is 4.84. The average molecular weight is 417 g/mol. The molecule has 0 amide bonds. The van der Waals surface area contributed by atoms with E-state index in [1.807, 2.05) is 36.4 Å². The topological polar surface area (TPSA) is 114 Å². The van der Waals surface area contributed by atoms with Crippen molar-refractivity contribution in [2.45, 2.75) is 19.4 Å². The molecule has 0 spiro atoms. The number of carbonyl (C=O) groups is 2. The maximum atomic E-state index is 12.9. The minimum atomic E-state index is -1.04. The van der Waals surface area contributed by atoms with Gasteiger partial charge in [-0.25, -0.2) is 14.6 Å².